The van der Waals surface area contributed by atoms with Gasteiger partial charge in [0.2, 0.25) is 0 Å². The van der Waals surface area contributed by atoms with E-state index in [-0.39, 0.29) is 11.3 Å². The number of fused-ring (bicyclic) bond motifs is 1. The predicted molar refractivity (Wildman–Crippen MR) is 81.9 cm³/mol. The van der Waals surface area contributed by atoms with Crippen molar-refractivity contribution in [2.45, 2.75) is 24.7 Å². The summed E-state index contributed by atoms with van der Waals surface area (Å²) in [6.45, 7) is 0. The molecule has 4 rings (SSSR count). The molecule has 0 aliphatic heterocycles. The largest absolute Gasteiger partial charge is 0.472 e. The standard InChI is InChI=1S/C18H18O6/c1-21-15(19)18(16(20)22-2)8-12-7-17(12,10-18)14-4-3-13(24-14)11-5-6-23-9-11/h3-6,9,12H,7-8,10H2,1-2H3. The Labute approximate surface area is 138 Å². The lowest BCUT2D eigenvalue weighted by atomic mass is 9.80. The molecule has 2 aromatic rings. The van der Waals surface area contributed by atoms with Crippen LogP contribution in [0, 0.1) is 11.3 Å². The van der Waals surface area contributed by atoms with E-state index >= 15 is 0 Å². The minimum absolute atomic E-state index is 0.221. The molecule has 0 spiro atoms. The van der Waals surface area contributed by atoms with Gasteiger partial charge >= 0.3 is 11.9 Å². The second-order valence-corrected chi connectivity index (χ2v) is 6.68. The summed E-state index contributed by atoms with van der Waals surface area (Å²) < 4.78 is 20.9. The molecule has 0 radical (unpaired) electrons. The van der Waals surface area contributed by atoms with E-state index in [1.165, 1.54) is 14.2 Å². The van der Waals surface area contributed by atoms with Crippen LogP contribution < -0.4 is 0 Å². The van der Waals surface area contributed by atoms with Gasteiger partial charge in [-0.1, -0.05) is 0 Å². The summed E-state index contributed by atoms with van der Waals surface area (Å²) in [5.74, 6) is 0.690. The minimum atomic E-state index is -1.23. The third kappa shape index (κ3) is 1.89. The fourth-order valence-corrected chi connectivity index (χ4v) is 4.24. The van der Waals surface area contributed by atoms with Gasteiger partial charge in [0.15, 0.2) is 5.41 Å². The van der Waals surface area contributed by atoms with Crippen molar-refractivity contribution in [2.24, 2.45) is 11.3 Å². The molecule has 0 bridgehead atoms. The normalized spacial score (nSPS) is 26.7. The second-order valence-electron chi connectivity index (χ2n) is 6.68. The summed E-state index contributed by atoms with van der Waals surface area (Å²) >= 11 is 0. The highest BCUT2D eigenvalue weighted by molar-refractivity contribution is 6.01. The van der Waals surface area contributed by atoms with Gasteiger partial charge in [0, 0.05) is 5.41 Å². The number of ether oxygens (including phenoxy) is 2. The van der Waals surface area contributed by atoms with E-state index < -0.39 is 17.4 Å². The number of esters is 2. The average Bonchev–Trinajstić information content (AvgIpc) is 3.12. The van der Waals surface area contributed by atoms with Crippen LogP contribution in [0.1, 0.15) is 25.0 Å². The van der Waals surface area contributed by atoms with E-state index in [9.17, 15) is 9.59 Å². The maximum absolute atomic E-state index is 12.3. The van der Waals surface area contributed by atoms with Crippen LogP contribution >= 0.6 is 0 Å². The summed E-state index contributed by atoms with van der Waals surface area (Å²) in [6, 6.07) is 5.64. The summed E-state index contributed by atoms with van der Waals surface area (Å²) in [4.78, 5) is 24.6. The Morgan fingerprint density at radius 2 is 1.88 bits per heavy atom. The molecule has 2 aliphatic rings. The summed E-state index contributed by atoms with van der Waals surface area (Å²) in [6.07, 6.45) is 4.91. The molecule has 0 aromatic carbocycles. The molecule has 126 valence electrons. The molecule has 6 nitrogen and oxygen atoms in total. The number of furan rings is 2. The lowest BCUT2D eigenvalue weighted by molar-refractivity contribution is -0.169. The van der Waals surface area contributed by atoms with Crippen molar-refractivity contribution in [3.63, 3.8) is 0 Å². The molecule has 6 heteroatoms. The van der Waals surface area contributed by atoms with Crippen molar-refractivity contribution in [1.82, 2.24) is 0 Å². The van der Waals surface area contributed by atoms with E-state index in [1.807, 2.05) is 18.2 Å². The molecule has 2 aromatic heterocycles. The fourth-order valence-electron chi connectivity index (χ4n) is 4.24. The predicted octanol–water partition coefficient (Wildman–Crippen LogP) is 2.92. The molecule has 0 amide bonds. The molecule has 2 aliphatic carbocycles. The van der Waals surface area contributed by atoms with E-state index in [0.29, 0.717) is 18.6 Å². The van der Waals surface area contributed by atoms with Gasteiger partial charge in [-0.25, -0.2) is 0 Å². The lowest BCUT2D eigenvalue weighted by Crippen LogP contribution is -2.41. The van der Waals surface area contributed by atoms with Crippen LogP contribution in [0.3, 0.4) is 0 Å². The van der Waals surface area contributed by atoms with Crippen molar-refractivity contribution in [1.29, 1.82) is 0 Å². The smallest absolute Gasteiger partial charge is 0.323 e. The third-order valence-corrected chi connectivity index (χ3v) is 5.50. The second kappa shape index (κ2) is 5.00. The Morgan fingerprint density at radius 3 is 2.50 bits per heavy atom. The maximum atomic E-state index is 12.3. The molecule has 2 heterocycles. The Hall–Kier alpha value is -2.50. The molecule has 2 atom stereocenters. The average molecular weight is 330 g/mol. The van der Waals surface area contributed by atoms with Crippen molar-refractivity contribution in [3.8, 4) is 11.3 Å². The molecular weight excluding hydrogens is 312 g/mol. The highest BCUT2D eigenvalue weighted by Crippen LogP contribution is 2.70. The Balaban J connectivity index is 1.66. The number of hydrogen-bond donors (Lipinski definition) is 0. The fraction of sp³-hybridized carbons (Fsp3) is 0.444. The molecule has 2 unspecified atom stereocenters. The molecule has 0 N–H and O–H groups in total. The quantitative estimate of drug-likeness (QED) is 0.633. The van der Waals surface area contributed by atoms with E-state index in [4.69, 9.17) is 18.3 Å². The zero-order valence-corrected chi connectivity index (χ0v) is 13.5. The Morgan fingerprint density at radius 1 is 1.12 bits per heavy atom. The van der Waals surface area contributed by atoms with E-state index in [0.717, 1.165) is 17.7 Å². The van der Waals surface area contributed by atoms with E-state index in [2.05, 4.69) is 0 Å². The molecule has 2 saturated carbocycles. The Bertz CT molecular complexity index is 770. The minimum Gasteiger partial charge on any atom is -0.472 e. The number of hydrogen-bond acceptors (Lipinski definition) is 6. The first-order valence-corrected chi connectivity index (χ1v) is 7.85. The van der Waals surface area contributed by atoms with Gasteiger partial charge in [-0.2, -0.15) is 0 Å². The van der Waals surface area contributed by atoms with Crippen molar-refractivity contribution in [3.05, 3.63) is 36.5 Å². The van der Waals surface area contributed by atoms with Gasteiger partial charge in [0.1, 0.15) is 17.8 Å². The van der Waals surface area contributed by atoms with Crippen LogP contribution in [0.25, 0.3) is 11.3 Å². The molecule has 24 heavy (non-hydrogen) atoms. The van der Waals surface area contributed by atoms with Crippen LogP contribution in [-0.4, -0.2) is 26.2 Å². The zero-order chi connectivity index (χ0) is 16.9. The first-order valence-electron chi connectivity index (χ1n) is 7.85. The van der Waals surface area contributed by atoms with Crippen molar-refractivity contribution < 1.29 is 27.9 Å². The van der Waals surface area contributed by atoms with Crippen LogP contribution in [0.2, 0.25) is 0 Å². The number of rotatable bonds is 4. The van der Waals surface area contributed by atoms with E-state index in [1.54, 1.807) is 12.5 Å². The van der Waals surface area contributed by atoms with Gasteiger partial charge in [-0.3, -0.25) is 9.59 Å². The van der Waals surface area contributed by atoms with Gasteiger partial charge in [0.05, 0.1) is 26.0 Å². The summed E-state index contributed by atoms with van der Waals surface area (Å²) in [5, 5.41) is 0. The number of carbonyl (C=O) groups is 2. The first-order chi connectivity index (χ1) is 11.6. The first kappa shape index (κ1) is 15.1. The highest BCUT2D eigenvalue weighted by Gasteiger charge is 2.73. The maximum Gasteiger partial charge on any atom is 0.323 e. The van der Waals surface area contributed by atoms with Gasteiger partial charge < -0.3 is 18.3 Å². The Kier molecular flexibility index (Phi) is 3.13. The van der Waals surface area contributed by atoms with Gasteiger partial charge in [-0.15, -0.1) is 0 Å². The van der Waals surface area contributed by atoms with Crippen LogP contribution in [-0.2, 0) is 24.5 Å². The van der Waals surface area contributed by atoms with Crippen LogP contribution in [0.15, 0.2) is 39.6 Å². The van der Waals surface area contributed by atoms with Crippen molar-refractivity contribution in [2.75, 3.05) is 14.2 Å². The lowest BCUT2D eigenvalue weighted by Gasteiger charge is -2.26. The molecule has 2 fully saturated rings. The topological polar surface area (TPSA) is 78.9 Å². The van der Waals surface area contributed by atoms with Crippen LogP contribution in [0.5, 0.6) is 0 Å². The monoisotopic (exact) mass is 330 g/mol. The van der Waals surface area contributed by atoms with Crippen LogP contribution in [0.4, 0.5) is 0 Å². The number of methoxy groups -OCH3 is 2. The summed E-state index contributed by atoms with van der Waals surface area (Å²) in [5.41, 5.74) is -0.653. The highest BCUT2D eigenvalue weighted by atomic mass is 16.5. The third-order valence-electron chi connectivity index (χ3n) is 5.50. The zero-order valence-electron chi connectivity index (χ0n) is 13.5. The number of carbonyl (C=O) groups excluding carboxylic acids is 2. The van der Waals surface area contributed by atoms with Gasteiger partial charge in [-0.05, 0) is 43.4 Å². The molecule has 0 saturated heterocycles. The SMILES string of the molecule is COC(=O)C1(C(=O)OC)CC2CC2(c2ccc(-c3ccoc3)o2)C1. The van der Waals surface area contributed by atoms with Crippen molar-refractivity contribution >= 4 is 11.9 Å². The van der Waals surface area contributed by atoms with Gasteiger partial charge in [0.25, 0.3) is 0 Å². The summed E-state index contributed by atoms with van der Waals surface area (Å²) in [7, 11) is 2.60. The molecular formula is C18H18O6.